The van der Waals surface area contributed by atoms with Crippen molar-refractivity contribution in [2.24, 2.45) is 0 Å². The van der Waals surface area contributed by atoms with E-state index in [9.17, 15) is 4.79 Å². The van der Waals surface area contributed by atoms with Crippen molar-refractivity contribution >= 4 is 23.7 Å². The molecule has 0 spiro atoms. The monoisotopic (exact) mass is 373 g/mol. The summed E-state index contributed by atoms with van der Waals surface area (Å²) in [6.45, 7) is 5.85. The van der Waals surface area contributed by atoms with Gasteiger partial charge in [0.05, 0.1) is 5.75 Å². The van der Waals surface area contributed by atoms with Gasteiger partial charge in [0, 0.05) is 11.5 Å². The lowest BCUT2D eigenvalue weighted by Crippen LogP contribution is -2.16. The fourth-order valence-electron chi connectivity index (χ4n) is 2.08. The minimum Gasteiger partial charge on any atom is -0.408 e. The first-order valence-electron chi connectivity index (χ1n) is 7.97. The zero-order chi connectivity index (χ0) is 18.7. The summed E-state index contributed by atoms with van der Waals surface area (Å²) >= 11 is 1.17. The molecule has 3 rings (SSSR count). The number of hydrogen-bond donors (Lipinski definition) is 2. The molecular weight excluding hydrogens is 354 g/mol. The molecule has 1 amide bonds. The molecule has 2 aromatic heterocycles. The Morgan fingerprint density at radius 2 is 1.96 bits per heavy atom. The predicted molar refractivity (Wildman–Crippen MR) is 98.1 cm³/mol. The standard InChI is InChI=1S/C16H19N7O2S/c1-9(2)14-20-21-15(25-14)18-12(24)8-26-16-22-19-13(23(16)17)11-6-4-10(3)5-7-11/h4-7,9H,8,17H2,1-3H3,(H,18,21,24). The lowest BCUT2D eigenvalue weighted by Gasteiger charge is -2.04. The number of benzene rings is 1. The summed E-state index contributed by atoms with van der Waals surface area (Å²) in [4.78, 5) is 12.0. The Hall–Kier alpha value is -2.88. The predicted octanol–water partition coefficient (Wildman–Crippen LogP) is 2.20. The highest BCUT2D eigenvalue weighted by molar-refractivity contribution is 7.99. The third-order valence-electron chi connectivity index (χ3n) is 3.49. The highest BCUT2D eigenvalue weighted by atomic mass is 32.2. The molecule has 0 saturated carbocycles. The van der Waals surface area contributed by atoms with Crippen molar-refractivity contribution in [3.05, 3.63) is 35.7 Å². The van der Waals surface area contributed by atoms with E-state index in [1.807, 2.05) is 45.0 Å². The first-order valence-corrected chi connectivity index (χ1v) is 8.96. The third kappa shape index (κ3) is 4.02. The van der Waals surface area contributed by atoms with E-state index in [1.54, 1.807) is 0 Å². The number of nitrogen functional groups attached to an aromatic ring is 1. The summed E-state index contributed by atoms with van der Waals surface area (Å²) in [6, 6.07) is 7.87. The van der Waals surface area contributed by atoms with Crippen LogP contribution in [-0.2, 0) is 4.79 Å². The van der Waals surface area contributed by atoms with Gasteiger partial charge >= 0.3 is 6.01 Å². The molecule has 3 aromatic rings. The van der Waals surface area contributed by atoms with Crippen LogP contribution in [0, 0.1) is 6.92 Å². The van der Waals surface area contributed by atoms with E-state index < -0.39 is 0 Å². The van der Waals surface area contributed by atoms with Crippen molar-refractivity contribution < 1.29 is 9.21 Å². The molecule has 0 aliphatic heterocycles. The number of thioether (sulfide) groups is 1. The number of anilines is 1. The van der Waals surface area contributed by atoms with Gasteiger partial charge in [0.2, 0.25) is 17.0 Å². The number of hydrogen-bond acceptors (Lipinski definition) is 8. The molecule has 0 aliphatic rings. The Kier molecular flexibility index (Phi) is 5.21. The van der Waals surface area contributed by atoms with Gasteiger partial charge in [-0.25, -0.2) is 4.68 Å². The van der Waals surface area contributed by atoms with Gasteiger partial charge in [0.1, 0.15) is 0 Å². The highest BCUT2D eigenvalue weighted by Crippen LogP contribution is 2.22. The van der Waals surface area contributed by atoms with Crippen LogP contribution in [0.5, 0.6) is 0 Å². The van der Waals surface area contributed by atoms with Crippen LogP contribution >= 0.6 is 11.8 Å². The summed E-state index contributed by atoms with van der Waals surface area (Å²) in [5.74, 6) is 6.93. The van der Waals surface area contributed by atoms with Crippen LogP contribution < -0.4 is 11.2 Å². The number of rotatable bonds is 6. The molecule has 0 saturated heterocycles. The summed E-state index contributed by atoms with van der Waals surface area (Å²) in [5.41, 5.74) is 2.00. The molecular formula is C16H19N7O2S. The Labute approximate surface area is 154 Å². The minimum atomic E-state index is -0.297. The van der Waals surface area contributed by atoms with E-state index in [4.69, 9.17) is 10.3 Å². The van der Waals surface area contributed by atoms with E-state index in [2.05, 4.69) is 25.7 Å². The van der Waals surface area contributed by atoms with E-state index in [1.165, 1.54) is 16.4 Å². The summed E-state index contributed by atoms with van der Waals surface area (Å²) in [5, 5.41) is 18.8. The lowest BCUT2D eigenvalue weighted by molar-refractivity contribution is -0.113. The molecule has 0 atom stereocenters. The summed E-state index contributed by atoms with van der Waals surface area (Å²) in [6.07, 6.45) is 0. The quantitative estimate of drug-likeness (QED) is 0.498. The summed E-state index contributed by atoms with van der Waals surface area (Å²) < 4.78 is 6.71. The molecule has 1 aromatic carbocycles. The van der Waals surface area contributed by atoms with Crippen LogP contribution in [0.2, 0.25) is 0 Å². The maximum absolute atomic E-state index is 12.0. The first kappa shape index (κ1) is 17.9. The lowest BCUT2D eigenvalue weighted by atomic mass is 10.1. The second-order valence-corrected chi connectivity index (χ2v) is 6.92. The Balaban J connectivity index is 1.61. The molecule has 0 radical (unpaired) electrons. The van der Waals surface area contributed by atoms with Crippen molar-refractivity contribution in [2.75, 3.05) is 16.9 Å². The van der Waals surface area contributed by atoms with E-state index >= 15 is 0 Å². The number of aromatic nitrogens is 5. The Bertz CT molecular complexity index is 902. The second-order valence-electron chi connectivity index (χ2n) is 5.98. The van der Waals surface area contributed by atoms with Crippen LogP contribution in [0.1, 0.15) is 31.2 Å². The van der Waals surface area contributed by atoms with Gasteiger partial charge in [-0.1, -0.05) is 60.5 Å². The second kappa shape index (κ2) is 7.56. The Morgan fingerprint density at radius 1 is 1.23 bits per heavy atom. The summed E-state index contributed by atoms with van der Waals surface area (Å²) in [7, 11) is 0. The van der Waals surface area contributed by atoms with Crippen molar-refractivity contribution in [3.8, 4) is 11.4 Å². The van der Waals surface area contributed by atoms with Crippen molar-refractivity contribution in [2.45, 2.75) is 31.8 Å². The van der Waals surface area contributed by atoms with Crippen LogP contribution in [0.4, 0.5) is 6.01 Å². The SMILES string of the molecule is Cc1ccc(-c2nnc(SCC(=O)Nc3nnc(C(C)C)o3)n2N)cc1. The van der Waals surface area contributed by atoms with Gasteiger partial charge in [0.25, 0.3) is 0 Å². The molecule has 10 heteroatoms. The largest absolute Gasteiger partial charge is 0.408 e. The fraction of sp³-hybridized carbons (Fsp3) is 0.312. The van der Waals surface area contributed by atoms with Gasteiger partial charge in [0.15, 0.2) is 5.82 Å². The number of nitrogens with zero attached hydrogens (tertiary/aromatic N) is 5. The minimum absolute atomic E-state index is 0.0776. The van der Waals surface area contributed by atoms with Crippen LogP contribution in [0.15, 0.2) is 33.8 Å². The molecule has 0 bridgehead atoms. The van der Waals surface area contributed by atoms with Crippen LogP contribution in [0.3, 0.4) is 0 Å². The number of carbonyl (C=O) groups excluding carboxylic acids is 1. The number of nitrogens with one attached hydrogen (secondary N) is 1. The Morgan fingerprint density at radius 3 is 2.62 bits per heavy atom. The smallest absolute Gasteiger partial charge is 0.322 e. The third-order valence-corrected chi connectivity index (χ3v) is 4.43. The topological polar surface area (TPSA) is 125 Å². The maximum Gasteiger partial charge on any atom is 0.322 e. The van der Waals surface area contributed by atoms with E-state index in [0.717, 1.165) is 11.1 Å². The van der Waals surface area contributed by atoms with Gasteiger partial charge in [-0.2, -0.15) is 0 Å². The molecule has 136 valence electrons. The normalized spacial score (nSPS) is 11.1. The first-order chi connectivity index (χ1) is 12.4. The van der Waals surface area contributed by atoms with E-state index in [0.29, 0.717) is 16.9 Å². The number of carbonyl (C=O) groups is 1. The number of nitrogens with two attached hydrogens (primary N) is 1. The van der Waals surface area contributed by atoms with Gasteiger partial charge in [-0.3, -0.25) is 10.1 Å². The molecule has 0 aliphatic carbocycles. The molecule has 0 unspecified atom stereocenters. The van der Waals surface area contributed by atoms with Crippen molar-refractivity contribution in [3.63, 3.8) is 0 Å². The average molecular weight is 373 g/mol. The fourth-order valence-corrected chi connectivity index (χ4v) is 2.74. The van der Waals surface area contributed by atoms with Crippen LogP contribution in [0.25, 0.3) is 11.4 Å². The van der Waals surface area contributed by atoms with Gasteiger partial charge < -0.3 is 10.3 Å². The van der Waals surface area contributed by atoms with Crippen molar-refractivity contribution in [1.29, 1.82) is 0 Å². The van der Waals surface area contributed by atoms with Gasteiger partial charge in [-0.05, 0) is 6.92 Å². The van der Waals surface area contributed by atoms with Crippen LogP contribution in [-0.4, -0.2) is 36.7 Å². The highest BCUT2D eigenvalue weighted by Gasteiger charge is 2.16. The zero-order valence-corrected chi connectivity index (χ0v) is 15.4. The molecule has 3 N–H and O–H groups in total. The molecule has 2 heterocycles. The number of amides is 1. The number of aryl methyl sites for hydroxylation is 1. The van der Waals surface area contributed by atoms with Gasteiger partial charge in [-0.15, -0.1) is 15.3 Å². The molecule has 0 fully saturated rings. The van der Waals surface area contributed by atoms with E-state index in [-0.39, 0.29) is 23.6 Å². The molecule has 26 heavy (non-hydrogen) atoms. The average Bonchev–Trinajstić information content (AvgIpc) is 3.21. The zero-order valence-electron chi connectivity index (χ0n) is 14.6. The van der Waals surface area contributed by atoms with Crippen molar-refractivity contribution in [1.82, 2.24) is 25.1 Å². The maximum atomic E-state index is 12.0. The molecule has 9 nitrogen and oxygen atoms in total.